The zero-order valence-corrected chi connectivity index (χ0v) is 10.9. The highest BCUT2D eigenvalue weighted by atomic mass is 32.2. The van der Waals surface area contributed by atoms with Crippen LogP contribution in [0.5, 0.6) is 0 Å². The summed E-state index contributed by atoms with van der Waals surface area (Å²) in [6.07, 6.45) is 1.62. The number of furan rings is 1. The molecule has 0 spiro atoms. The minimum absolute atomic E-state index is 0.378. The molecule has 2 N–H and O–H groups in total. The maximum Gasteiger partial charge on any atom is 0.339 e. The van der Waals surface area contributed by atoms with Crippen LogP contribution >= 0.6 is 11.8 Å². The fraction of sp³-hybridized carbons (Fsp3) is 0.154. The molecule has 5 heteroatoms. The SMILES string of the molecule is COC(=O)c1cccc(Sc2ccoc2C)c1N. The fourth-order valence-corrected chi connectivity index (χ4v) is 2.44. The Balaban J connectivity index is 2.35. The average Bonchev–Trinajstić information content (AvgIpc) is 2.77. The van der Waals surface area contributed by atoms with Gasteiger partial charge in [0, 0.05) is 4.90 Å². The van der Waals surface area contributed by atoms with E-state index >= 15 is 0 Å². The van der Waals surface area contributed by atoms with Crippen LogP contribution < -0.4 is 5.73 Å². The topological polar surface area (TPSA) is 65.5 Å². The number of para-hydroxylation sites is 1. The summed E-state index contributed by atoms with van der Waals surface area (Å²) < 4.78 is 9.91. The molecule has 0 atom stereocenters. The van der Waals surface area contributed by atoms with Gasteiger partial charge in [-0.25, -0.2) is 4.79 Å². The Kier molecular flexibility index (Phi) is 3.62. The molecular weight excluding hydrogens is 250 g/mol. The number of methoxy groups -OCH3 is 1. The predicted molar refractivity (Wildman–Crippen MR) is 69.8 cm³/mol. The lowest BCUT2D eigenvalue weighted by Gasteiger charge is -2.08. The number of nitrogen functional groups attached to an aromatic ring is 1. The van der Waals surface area contributed by atoms with Gasteiger partial charge < -0.3 is 14.9 Å². The number of rotatable bonds is 3. The van der Waals surface area contributed by atoms with E-state index in [0.29, 0.717) is 11.3 Å². The van der Waals surface area contributed by atoms with Gasteiger partial charge in [-0.05, 0) is 25.1 Å². The molecule has 0 aliphatic carbocycles. The van der Waals surface area contributed by atoms with Crippen LogP contribution in [0.1, 0.15) is 16.1 Å². The Labute approximate surface area is 109 Å². The van der Waals surface area contributed by atoms with Gasteiger partial charge in [-0.1, -0.05) is 17.8 Å². The normalized spacial score (nSPS) is 10.3. The van der Waals surface area contributed by atoms with Crippen LogP contribution in [0.2, 0.25) is 0 Å². The number of hydrogen-bond donors (Lipinski definition) is 1. The molecule has 2 aromatic rings. The molecule has 0 unspecified atom stereocenters. The van der Waals surface area contributed by atoms with E-state index in [4.69, 9.17) is 10.2 Å². The summed E-state index contributed by atoms with van der Waals surface area (Å²) in [5.41, 5.74) is 6.78. The summed E-state index contributed by atoms with van der Waals surface area (Å²) in [5, 5.41) is 0. The minimum Gasteiger partial charge on any atom is -0.468 e. The molecule has 4 nitrogen and oxygen atoms in total. The van der Waals surface area contributed by atoms with Crippen LogP contribution in [0.15, 0.2) is 44.7 Å². The van der Waals surface area contributed by atoms with Crippen molar-refractivity contribution in [3.8, 4) is 0 Å². The molecule has 1 aromatic heterocycles. The molecule has 0 amide bonds. The third-order valence-electron chi connectivity index (χ3n) is 2.50. The molecule has 1 heterocycles. The van der Waals surface area contributed by atoms with Crippen LogP contribution in [0.4, 0.5) is 5.69 Å². The minimum atomic E-state index is -0.432. The van der Waals surface area contributed by atoms with Gasteiger partial charge in [0.25, 0.3) is 0 Å². The van der Waals surface area contributed by atoms with Gasteiger partial charge in [0.05, 0.1) is 29.5 Å². The lowest BCUT2D eigenvalue weighted by atomic mass is 10.2. The number of carbonyl (C=O) groups is 1. The number of ether oxygens (including phenoxy) is 1. The first-order valence-corrected chi connectivity index (χ1v) is 6.14. The fourth-order valence-electron chi connectivity index (χ4n) is 1.52. The predicted octanol–water partition coefficient (Wildman–Crippen LogP) is 3.11. The van der Waals surface area contributed by atoms with Crippen LogP contribution in [-0.4, -0.2) is 13.1 Å². The second-order valence-electron chi connectivity index (χ2n) is 3.65. The Bertz CT molecular complexity index is 577. The van der Waals surface area contributed by atoms with Crippen molar-refractivity contribution in [2.75, 3.05) is 12.8 Å². The summed E-state index contributed by atoms with van der Waals surface area (Å²) in [5.74, 6) is 0.390. The van der Waals surface area contributed by atoms with Crippen LogP contribution in [-0.2, 0) is 4.74 Å². The highest BCUT2D eigenvalue weighted by Gasteiger charge is 2.14. The number of nitrogens with two attached hydrogens (primary N) is 1. The van der Waals surface area contributed by atoms with Crippen molar-refractivity contribution < 1.29 is 13.9 Å². The van der Waals surface area contributed by atoms with Crippen LogP contribution in [0, 0.1) is 6.92 Å². The first kappa shape index (κ1) is 12.6. The molecule has 0 radical (unpaired) electrons. The number of carbonyl (C=O) groups excluding carboxylic acids is 1. The van der Waals surface area contributed by atoms with E-state index in [-0.39, 0.29) is 0 Å². The molecule has 0 bridgehead atoms. The number of benzene rings is 1. The van der Waals surface area contributed by atoms with Crippen molar-refractivity contribution >= 4 is 23.4 Å². The van der Waals surface area contributed by atoms with Crippen molar-refractivity contribution in [1.82, 2.24) is 0 Å². The lowest BCUT2D eigenvalue weighted by Crippen LogP contribution is -2.06. The maximum atomic E-state index is 11.5. The van der Waals surface area contributed by atoms with E-state index in [1.807, 2.05) is 19.1 Å². The zero-order valence-electron chi connectivity index (χ0n) is 10.1. The molecule has 1 aromatic carbocycles. The Hall–Kier alpha value is -1.88. The van der Waals surface area contributed by atoms with E-state index in [9.17, 15) is 4.79 Å². The Morgan fingerprint density at radius 3 is 2.72 bits per heavy atom. The van der Waals surface area contributed by atoms with Gasteiger partial charge in [0.1, 0.15) is 5.76 Å². The number of aryl methyl sites for hydroxylation is 1. The smallest absolute Gasteiger partial charge is 0.339 e. The second-order valence-corrected chi connectivity index (χ2v) is 4.74. The van der Waals surface area contributed by atoms with Gasteiger partial charge >= 0.3 is 5.97 Å². The quantitative estimate of drug-likeness (QED) is 0.681. The van der Waals surface area contributed by atoms with Crippen molar-refractivity contribution in [3.63, 3.8) is 0 Å². The Morgan fingerprint density at radius 1 is 1.33 bits per heavy atom. The van der Waals surface area contributed by atoms with Gasteiger partial charge in [-0.3, -0.25) is 0 Å². The summed E-state index contributed by atoms with van der Waals surface area (Å²) in [7, 11) is 1.34. The van der Waals surface area contributed by atoms with Crippen molar-refractivity contribution in [2.24, 2.45) is 0 Å². The average molecular weight is 263 g/mol. The molecule has 0 saturated heterocycles. The summed E-state index contributed by atoms with van der Waals surface area (Å²) >= 11 is 1.46. The monoisotopic (exact) mass is 263 g/mol. The van der Waals surface area contributed by atoms with Gasteiger partial charge in [-0.2, -0.15) is 0 Å². The number of hydrogen-bond acceptors (Lipinski definition) is 5. The van der Waals surface area contributed by atoms with Gasteiger partial charge in [-0.15, -0.1) is 0 Å². The first-order valence-electron chi connectivity index (χ1n) is 5.32. The van der Waals surface area contributed by atoms with Gasteiger partial charge in [0.15, 0.2) is 0 Å². The summed E-state index contributed by atoms with van der Waals surface area (Å²) in [6.45, 7) is 1.88. The Morgan fingerprint density at radius 2 is 2.11 bits per heavy atom. The van der Waals surface area contributed by atoms with Crippen LogP contribution in [0.3, 0.4) is 0 Å². The van der Waals surface area contributed by atoms with Crippen molar-refractivity contribution in [2.45, 2.75) is 16.7 Å². The van der Waals surface area contributed by atoms with Crippen LogP contribution in [0.25, 0.3) is 0 Å². The first-order chi connectivity index (χ1) is 8.63. The highest BCUT2D eigenvalue weighted by Crippen LogP contribution is 2.35. The molecular formula is C13H13NO3S. The molecule has 2 rings (SSSR count). The van der Waals surface area contributed by atoms with Crippen molar-refractivity contribution in [3.05, 3.63) is 41.9 Å². The molecule has 0 saturated carbocycles. The van der Waals surface area contributed by atoms with E-state index < -0.39 is 5.97 Å². The largest absolute Gasteiger partial charge is 0.468 e. The summed E-state index contributed by atoms with van der Waals surface area (Å²) in [6, 6.07) is 7.15. The second kappa shape index (κ2) is 5.18. The number of esters is 1. The highest BCUT2D eigenvalue weighted by molar-refractivity contribution is 7.99. The standard InChI is InChI=1S/C13H13NO3S/c1-8-10(6-7-17-8)18-11-5-3-4-9(12(11)14)13(15)16-2/h3-7H,14H2,1-2H3. The third-order valence-corrected chi connectivity index (χ3v) is 3.72. The molecule has 0 fully saturated rings. The molecule has 0 aliphatic heterocycles. The number of anilines is 1. The van der Waals surface area contributed by atoms with E-state index in [1.165, 1.54) is 18.9 Å². The molecule has 0 aliphatic rings. The van der Waals surface area contributed by atoms with E-state index in [2.05, 4.69) is 4.74 Å². The maximum absolute atomic E-state index is 11.5. The molecule has 94 valence electrons. The lowest BCUT2D eigenvalue weighted by molar-refractivity contribution is 0.0601. The van der Waals surface area contributed by atoms with E-state index in [0.717, 1.165) is 15.6 Å². The molecule has 18 heavy (non-hydrogen) atoms. The van der Waals surface area contributed by atoms with Gasteiger partial charge in [0.2, 0.25) is 0 Å². The zero-order chi connectivity index (χ0) is 13.1. The van der Waals surface area contributed by atoms with Crippen molar-refractivity contribution in [1.29, 1.82) is 0 Å². The third kappa shape index (κ3) is 2.36. The summed E-state index contributed by atoms with van der Waals surface area (Å²) in [4.78, 5) is 13.3. The van der Waals surface area contributed by atoms with E-state index in [1.54, 1.807) is 18.4 Å².